The van der Waals surface area contributed by atoms with E-state index in [-0.39, 0.29) is 12.4 Å². The van der Waals surface area contributed by atoms with E-state index in [0.717, 1.165) is 25.1 Å². The lowest BCUT2D eigenvalue weighted by atomic mass is 9.90. The molecule has 0 spiro atoms. The number of nitrogens with two attached hydrogens (primary N) is 1. The summed E-state index contributed by atoms with van der Waals surface area (Å²) in [4.78, 5) is 13.5. The number of nitrogens with zero attached hydrogens (tertiary/aromatic N) is 1. The van der Waals surface area contributed by atoms with Crippen LogP contribution >= 0.6 is 0 Å². The van der Waals surface area contributed by atoms with Gasteiger partial charge < -0.3 is 15.7 Å². The van der Waals surface area contributed by atoms with Crippen LogP contribution in [0.2, 0.25) is 0 Å². The maximum Gasteiger partial charge on any atom is 0.159 e. The minimum Gasteiger partial charge on any atom is -0.394 e. The average molecular weight is 248 g/mol. The van der Waals surface area contributed by atoms with Crippen molar-refractivity contribution in [3.63, 3.8) is 0 Å². The predicted octanol–water partition coefficient (Wildman–Crippen LogP) is 1.18. The molecule has 1 aromatic rings. The second-order valence-corrected chi connectivity index (χ2v) is 5.15. The fraction of sp³-hybridized carbons (Fsp3) is 0.500. The summed E-state index contributed by atoms with van der Waals surface area (Å²) in [5, 5.41) is 9.35. The van der Waals surface area contributed by atoms with E-state index in [2.05, 4.69) is 4.90 Å². The van der Waals surface area contributed by atoms with E-state index in [4.69, 9.17) is 5.73 Å². The Morgan fingerprint density at radius 3 is 3.00 bits per heavy atom. The highest BCUT2D eigenvalue weighted by atomic mass is 16.3. The second kappa shape index (κ2) is 5.08. The summed E-state index contributed by atoms with van der Waals surface area (Å²) in [6.45, 7) is 3.11. The van der Waals surface area contributed by atoms with Crippen molar-refractivity contribution in [2.75, 3.05) is 24.6 Å². The van der Waals surface area contributed by atoms with E-state index >= 15 is 0 Å². The number of Topliss-reactive ketones (excluding diaryl/α,β-unsaturated/α-hetero) is 1. The molecule has 98 valence electrons. The first kappa shape index (κ1) is 13.1. The van der Waals surface area contributed by atoms with Crippen molar-refractivity contribution in [2.45, 2.75) is 25.3 Å². The van der Waals surface area contributed by atoms with E-state index in [0.29, 0.717) is 12.1 Å². The molecule has 0 aromatic heterocycles. The van der Waals surface area contributed by atoms with Gasteiger partial charge in [0.2, 0.25) is 0 Å². The summed E-state index contributed by atoms with van der Waals surface area (Å²) in [5.41, 5.74) is 7.32. The molecular weight excluding hydrogens is 228 g/mol. The minimum absolute atomic E-state index is 0.00407. The highest BCUT2D eigenvalue weighted by molar-refractivity contribution is 5.95. The highest BCUT2D eigenvalue weighted by Gasteiger charge is 2.31. The number of aliphatic hydroxyl groups is 1. The van der Waals surface area contributed by atoms with Crippen LogP contribution in [0.3, 0.4) is 0 Å². The molecule has 0 amide bonds. The van der Waals surface area contributed by atoms with Crippen molar-refractivity contribution in [2.24, 2.45) is 5.73 Å². The summed E-state index contributed by atoms with van der Waals surface area (Å²) in [7, 11) is 0. The standard InChI is InChI=1S/C14H20N2O2/c1-11(18)12-4-2-5-13(8-12)16-7-3-6-14(15,9-16)10-17/h2,4-5,8,17H,3,6-7,9-10,15H2,1H3. The summed E-state index contributed by atoms with van der Waals surface area (Å²) in [5.74, 6) is 0.0648. The van der Waals surface area contributed by atoms with Gasteiger partial charge in [-0.2, -0.15) is 0 Å². The number of carbonyl (C=O) groups excluding carboxylic acids is 1. The van der Waals surface area contributed by atoms with Gasteiger partial charge in [-0.3, -0.25) is 4.79 Å². The van der Waals surface area contributed by atoms with Crippen LogP contribution in [0, 0.1) is 0 Å². The Morgan fingerprint density at radius 2 is 2.33 bits per heavy atom. The number of carbonyl (C=O) groups is 1. The van der Waals surface area contributed by atoms with Gasteiger partial charge >= 0.3 is 0 Å². The van der Waals surface area contributed by atoms with E-state index in [1.165, 1.54) is 0 Å². The summed E-state index contributed by atoms with van der Waals surface area (Å²) in [6, 6.07) is 7.58. The van der Waals surface area contributed by atoms with Crippen molar-refractivity contribution in [1.29, 1.82) is 0 Å². The number of hydrogen-bond donors (Lipinski definition) is 2. The molecule has 1 fully saturated rings. The molecule has 0 bridgehead atoms. The zero-order valence-electron chi connectivity index (χ0n) is 10.7. The molecule has 3 N–H and O–H groups in total. The smallest absolute Gasteiger partial charge is 0.159 e. The first-order valence-electron chi connectivity index (χ1n) is 6.30. The van der Waals surface area contributed by atoms with Gasteiger partial charge in [0.05, 0.1) is 12.1 Å². The first-order valence-corrected chi connectivity index (χ1v) is 6.30. The molecule has 0 aliphatic carbocycles. The van der Waals surface area contributed by atoms with Gasteiger partial charge in [0.1, 0.15) is 0 Å². The molecule has 1 saturated heterocycles. The van der Waals surface area contributed by atoms with Crippen LogP contribution < -0.4 is 10.6 Å². The van der Waals surface area contributed by atoms with Crippen LogP contribution in [0.5, 0.6) is 0 Å². The number of piperidine rings is 1. The average Bonchev–Trinajstić information content (AvgIpc) is 2.39. The quantitative estimate of drug-likeness (QED) is 0.788. The Kier molecular flexibility index (Phi) is 3.68. The lowest BCUT2D eigenvalue weighted by Crippen LogP contribution is -2.56. The molecule has 1 aliphatic rings. The topological polar surface area (TPSA) is 66.6 Å². The SMILES string of the molecule is CC(=O)c1cccc(N2CCCC(N)(CO)C2)c1. The third kappa shape index (κ3) is 2.71. The Bertz CT molecular complexity index is 447. The minimum atomic E-state index is -0.523. The number of aliphatic hydroxyl groups excluding tert-OH is 1. The Morgan fingerprint density at radius 1 is 1.56 bits per heavy atom. The van der Waals surface area contributed by atoms with Crippen molar-refractivity contribution < 1.29 is 9.90 Å². The molecule has 1 atom stereocenters. The number of hydrogen-bond acceptors (Lipinski definition) is 4. The number of benzene rings is 1. The van der Waals surface area contributed by atoms with E-state index in [1.807, 2.05) is 24.3 Å². The van der Waals surface area contributed by atoms with Gasteiger partial charge in [0, 0.05) is 24.3 Å². The Hall–Kier alpha value is -1.39. The number of rotatable bonds is 3. The van der Waals surface area contributed by atoms with Crippen molar-refractivity contribution in [3.05, 3.63) is 29.8 Å². The van der Waals surface area contributed by atoms with E-state index in [9.17, 15) is 9.90 Å². The largest absolute Gasteiger partial charge is 0.394 e. The number of ketones is 1. The van der Waals surface area contributed by atoms with Gasteiger partial charge in [0.25, 0.3) is 0 Å². The van der Waals surface area contributed by atoms with E-state index in [1.54, 1.807) is 6.92 Å². The zero-order valence-corrected chi connectivity index (χ0v) is 10.7. The molecule has 4 nitrogen and oxygen atoms in total. The summed E-state index contributed by atoms with van der Waals surface area (Å²) < 4.78 is 0. The molecule has 1 unspecified atom stereocenters. The predicted molar refractivity (Wildman–Crippen MR) is 71.9 cm³/mol. The van der Waals surface area contributed by atoms with Gasteiger partial charge in [-0.15, -0.1) is 0 Å². The lowest BCUT2D eigenvalue weighted by molar-refractivity contribution is 0.101. The van der Waals surface area contributed by atoms with E-state index < -0.39 is 5.54 Å². The Balaban J connectivity index is 2.21. The van der Waals surface area contributed by atoms with Crippen molar-refractivity contribution >= 4 is 11.5 Å². The molecule has 0 saturated carbocycles. The van der Waals surface area contributed by atoms with Gasteiger partial charge in [-0.05, 0) is 31.9 Å². The molecular formula is C14H20N2O2. The first-order chi connectivity index (χ1) is 8.54. The normalized spacial score (nSPS) is 24.1. The van der Waals surface area contributed by atoms with Crippen LogP contribution in [0.4, 0.5) is 5.69 Å². The monoisotopic (exact) mass is 248 g/mol. The van der Waals surface area contributed by atoms with Gasteiger partial charge in [-0.25, -0.2) is 0 Å². The van der Waals surface area contributed by atoms with Crippen molar-refractivity contribution in [3.8, 4) is 0 Å². The third-order valence-corrected chi connectivity index (χ3v) is 3.54. The van der Waals surface area contributed by atoms with Crippen LogP contribution in [0.15, 0.2) is 24.3 Å². The van der Waals surface area contributed by atoms with Crippen LogP contribution in [-0.2, 0) is 0 Å². The van der Waals surface area contributed by atoms with Crippen LogP contribution in [-0.4, -0.2) is 36.1 Å². The molecule has 0 radical (unpaired) electrons. The second-order valence-electron chi connectivity index (χ2n) is 5.15. The molecule has 4 heteroatoms. The van der Waals surface area contributed by atoms with Crippen LogP contribution in [0.1, 0.15) is 30.1 Å². The fourth-order valence-electron chi connectivity index (χ4n) is 2.43. The molecule has 2 rings (SSSR count). The van der Waals surface area contributed by atoms with Gasteiger partial charge in [-0.1, -0.05) is 12.1 Å². The highest BCUT2D eigenvalue weighted by Crippen LogP contribution is 2.25. The lowest BCUT2D eigenvalue weighted by Gasteiger charge is -2.40. The fourth-order valence-corrected chi connectivity index (χ4v) is 2.43. The summed E-state index contributed by atoms with van der Waals surface area (Å²) in [6.07, 6.45) is 1.80. The Labute approximate surface area is 107 Å². The zero-order chi connectivity index (χ0) is 13.2. The van der Waals surface area contributed by atoms with Crippen molar-refractivity contribution in [1.82, 2.24) is 0 Å². The maximum atomic E-state index is 11.4. The molecule has 1 aromatic carbocycles. The summed E-state index contributed by atoms with van der Waals surface area (Å²) >= 11 is 0. The van der Waals surface area contributed by atoms with Gasteiger partial charge in [0.15, 0.2) is 5.78 Å². The molecule has 1 aliphatic heterocycles. The third-order valence-electron chi connectivity index (χ3n) is 3.54. The number of anilines is 1. The maximum absolute atomic E-state index is 11.4. The molecule has 1 heterocycles. The van der Waals surface area contributed by atoms with Crippen LogP contribution in [0.25, 0.3) is 0 Å². The molecule has 18 heavy (non-hydrogen) atoms.